The zero-order valence-electron chi connectivity index (χ0n) is 14.3. The molecule has 128 valence electrons. The summed E-state index contributed by atoms with van der Waals surface area (Å²) >= 11 is 0. The van der Waals surface area contributed by atoms with Crippen LogP contribution >= 0.6 is 0 Å². The molecule has 0 aromatic carbocycles. The molecule has 0 saturated heterocycles. The van der Waals surface area contributed by atoms with Crippen LogP contribution in [0.15, 0.2) is 27.8 Å². The number of rotatable bonds is 10. The summed E-state index contributed by atoms with van der Waals surface area (Å²) in [6.07, 6.45) is 8.25. The molecule has 23 heavy (non-hydrogen) atoms. The van der Waals surface area contributed by atoms with E-state index in [1.807, 2.05) is 12.1 Å². The molecule has 2 aliphatic rings. The molecule has 2 saturated carbocycles. The van der Waals surface area contributed by atoms with Gasteiger partial charge in [-0.25, -0.2) is 0 Å². The Morgan fingerprint density at radius 3 is 2.83 bits per heavy atom. The lowest BCUT2D eigenvalue weighted by Gasteiger charge is -2.21. The van der Waals surface area contributed by atoms with Gasteiger partial charge in [-0.2, -0.15) is 0 Å². The molecule has 0 aliphatic heterocycles. The topological polar surface area (TPSA) is 52.8 Å². The molecule has 5 nitrogen and oxygen atoms in total. The van der Waals surface area contributed by atoms with Crippen LogP contribution in [0, 0.1) is 5.92 Å². The first kappa shape index (κ1) is 16.4. The molecule has 0 radical (unpaired) electrons. The minimum atomic E-state index is 0.841. The van der Waals surface area contributed by atoms with Crippen LogP contribution in [0.2, 0.25) is 0 Å². The van der Waals surface area contributed by atoms with Gasteiger partial charge < -0.3 is 15.1 Å². The molecule has 2 fully saturated rings. The van der Waals surface area contributed by atoms with Gasteiger partial charge in [0.05, 0.1) is 12.8 Å². The summed E-state index contributed by atoms with van der Waals surface area (Å²) in [6, 6.07) is 4.79. The number of hydrogen-bond donors (Lipinski definition) is 2. The van der Waals surface area contributed by atoms with E-state index in [1.165, 1.54) is 32.2 Å². The highest BCUT2D eigenvalue weighted by atomic mass is 16.3. The first-order chi connectivity index (χ1) is 11.3. The normalized spacial score (nSPS) is 18.4. The van der Waals surface area contributed by atoms with E-state index >= 15 is 0 Å². The van der Waals surface area contributed by atoms with Crippen molar-refractivity contribution in [3.05, 3.63) is 24.2 Å². The maximum atomic E-state index is 5.36. The molecule has 2 N–H and O–H groups in total. The van der Waals surface area contributed by atoms with E-state index in [0.29, 0.717) is 0 Å². The Morgan fingerprint density at radius 2 is 2.17 bits per heavy atom. The fourth-order valence-corrected chi connectivity index (χ4v) is 2.89. The highest BCUT2D eigenvalue weighted by molar-refractivity contribution is 5.79. The fraction of sp³-hybridized carbons (Fsp3) is 0.722. The maximum absolute atomic E-state index is 5.36. The van der Waals surface area contributed by atoms with Crippen molar-refractivity contribution in [3.8, 4) is 0 Å². The second-order valence-corrected chi connectivity index (χ2v) is 6.69. The number of hydrogen-bond acceptors (Lipinski definition) is 3. The maximum Gasteiger partial charge on any atom is 0.191 e. The summed E-state index contributed by atoms with van der Waals surface area (Å²) in [5.74, 6) is 2.90. The smallest absolute Gasteiger partial charge is 0.191 e. The molecule has 2 aliphatic carbocycles. The molecule has 0 amide bonds. The molecule has 0 bridgehead atoms. The standard InChI is InChI=1S/C18H30N4O/c1-2-19-18(20-10-9-17-4-3-13-23-17)21-11-12-22(16-7-8-16)14-15-5-6-15/h3-4,13,15-16H,2,5-12,14H2,1H3,(H2,19,20,21). The highest BCUT2D eigenvalue weighted by Crippen LogP contribution is 2.34. The van der Waals surface area contributed by atoms with Crippen molar-refractivity contribution in [1.29, 1.82) is 0 Å². The van der Waals surface area contributed by atoms with Crippen LogP contribution < -0.4 is 10.6 Å². The monoisotopic (exact) mass is 318 g/mol. The van der Waals surface area contributed by atoms with Gasteiger partial charge in [-0.15, -0.1) is 0 Å². The number of nitrogens with one attached hydrogen (secondary N) is 2. The Kier molecular flexibility index (Phi) is 5.97. The van der Waals surface area contributed by atoms with Crippen LogP contribution in [0.25, 0.3) is 0 Å². The number of aliphatic imine (C=N–C) groups is 1. The van der Waals surface area contributed by atoms with E-state index in [-0.39, 0.29) is 0 Å². The fourth-order valence-electron chi connectivity index (χ4n) is 2.89. The van der Waals surface area contributed by atoms with Gasteiger partial charge in [-0.1, -0.05) is 0 Å². The van der Waals surface area contributed by atoms with Gasteiger partial charge in [-0.3, -0.25) is 9.89 Å². The van der Waals surface area contributed by atoms with Gasteiger partial charge in [0.2, 0.25) is 0 Å². The van der Waals surface area contributed by atoms with Crippen molar-refractivity contribution < 1.29 is 4.42 Å². The van der Waals surface area contributed by atoms with Crippen molar-refractivity contribution >= 4 is 5.96 Å². The number of nitrogens with zero attached hydrogens (tertiary/aromatic N) is 2. The van der Waals surface area contributed by atoms with Gasteiger partial charge in [-0.05, 0) is 50.7 Å². The molecular weight excluding hydrogens is 288 g/mol. The summed E-state index contributed by atoms with van der Waals surface area (Å²) in [4.78, 5) is 7.39. The quantitative estimate of drug-likeness (QED) is 0.513. The molecule has 1 aromatic heterocycles. The molecule has 5 heteroatoms. The lowest BCUT2D eigenvalue weighted by atomic mass is 10.3. The Hall–Kier alpha value is -1.49. The second-order valence-electron chi connectivity index (χ2n) is 6.69. The second kappa shape index (κ2) is 8.39. The average molecular weight is 318 g/mol. The third kappa shape index (κ3) is 5.90. The predicted molar refractivity (Wildman–Crippen MR) is 93.7 cm³/mol. The van der Waals surface area contributed by atoms with Crippen LogP contribution in [0.1, 0.15) is 38.4 Å². The van der Waals surface area contributed by atoms with Crippen LogP contribution in [0.4, 0.5) is 0 Å². The van der Waals surface area contributed by atoms with Gasteiger partial charge in [0.1, 0.15) is 5.76 Å². The van der Waals surface area contributed by atoms with E-state index < -0.39 is 0 Å². The van der Waals surface area contributed by atoms with Crippen molar-refractivity contribution in [2.45, 2.75) is 45.1 Å². The highest BCUT2D eigenvalue weighted by Gasteiger charge is 2.33. The molecule has 0 unspecified atom stereocenters. The summed E-state index contributed by atoms with van der Waals surface area (Å²) in [5, 5.41) is 6.72. The Labute approximate surface area is 139 Å². The molecule has 0 atom stereocenters. The van der Waals surface area contributed by atoms with E-state index in [9.17, 15) is 0 Å². The molecule has 3 rings (SSSR count). The van der Waals surface area contributed by atoms with Crippen LogP contribution in [0.5, 0.6) is 0 Å². The SMILES string of the molecule is CCNC(=NCCN(CC1CC1)C1CC1)NCCc1ccco1. The van der Waals surface area contributed by atoms with Crippen LogP contribution in [-0.2, 0) is 6.42 Å². The summed E-state index contributed by atoms with van der Waals surface area (Å²) in [5.41, 5.74) is 0. The molecule has 1 heterocycles. The third-order valence-electron chi connectivity index (χ3n) is 4.50. The first-order valence-corrected chi connectivity index (χ1v) is 9.13. The number of guanidine groups is 1. The zero-order valence-corrected chi connectivity index (χ0v) is 14.3. The largest absolute Gasteiger partial charge is 0.469 e. The van der Waals surface area contributed by atoms with Crippen LogP contribution in [0.3, 0.4) is 0 Å². The van der Waals surface area contributed by atoms with Gasteiger partial charge >= 0.3 is 0 Å². The van der Waals surface area contributed by atoms with Crippen molar-refractivity contribution in [1.82, 2.24) is 15.5 Å². The number of furan rings is 1. The van der Waals surface area contributed by atoms with Gasteiger partial charge in [0, 0.05) is 38.6 Å². The third-order valence-corrected chi connectivity index (χ3v) is 4.50. The minimum Gasteiger partial charge on any atom is -0.469 e. The Balaban J connectivity index is 1.39. The molecule has 1 aromatic rings. The lowest BCUT2D eigenvalue weighted by molar-refractivity contribution is 0.260. The summed E-state index contributed by atoms with van der Waals surface area (Å²) in [7, 11) is 0. The molecular formula is C18H30N4O. The van der Waals surface area contributed by atoms with E-state index in [1.54, 1.807) is 6.26 Å². The minimum absolute atomic E-state index is 0.841. The van der Waals surface area contributed by atoms with Crippen molar-refractivity contribution in [2.75, 3.05) is 32.7 Å². The summed E-state index contributed by atoms with van der Waals surface area (Å²) in [6.45, 7) is 7.10. The first-order valence-electron chi connectivity index (χ1n) is 9.13. The Morgan fingerprint density at radius 1 is 1.30 bits per heavy atom. The Bertz CT molecular complexity index is 477. The van der Waals surface area contributed by atoms with E-state index in [4.69, 9.17) is 9.41 Å². The summed E-state index contributed by atoms with van der Waals surface area (Å²) < 4.78 is 5.36. The zero-order chi connectivity index (χ0) is 15.9. The lowest BCUT2D eigenvalue weighted by Crippen LogP contribution is -2.39. The van der Waals surface area contributed by atoms with Gasteiger partial charge in [0.15, 0.2) is 5.96 Å². The predicted octanol–water partition coefficient (Wildman–Crippen LogP) is 2.25. The van der Waals surface area contributed by atoms with E-state index in [2.05, 4.69) is 22.5 Å². The van der Waals surface area contributed by atoms with Gasteiger partial charge in [0.25, 0.3) is 0 Å². The average Bonchev–Trinajstić information content (AvgIpc) is 3.47. The van der Waals surface area contributed by atoms with E-state index in [0.717, 1.165) is 56.3 Å². The molecule has 0 spiro atoms. The van der Waals surface area contributed by atoms with Crippen LogP contribution in [-0.4, -0.2) is 49.6 Å². The van der Waals surface area contributed by atoms with Crippen molar-refractivity contribution in [2.24, 2.45) is 10.9 Å². The van der Waals surface area contributed by atoms with Crippen molar-refractivity contribution in [3.63, 3.8) is 0 Å².